The largest absolute Gasteiger partial charge is 0.212 e. The smallest absolute Gasteiger partial charge is 0.201 e. The Bertz CT molecular complexity index is 3040. The van der Waals surface area contributed by atoms with Crippen molar-refractivity contribution in [3.8, 4) is 33.8 Å². The van der Waals surface area contributed by atoms with Crippen molar-refractivity contribution in [3.63, 3.8) is 0 Å². The van der Waals surface area contributed by atoms with E-state index in [2.05, 4.69) is 29.7 Å². The standard InChI is InChI=1S/C20H28N.C19H26N.C18H24N/c1-13(2)17-8-9-18(15(5)10-17)20-11-16(6)19(14(3)4)12-21(20)7;1-13(2)16-7-9-18(15(5)11-16)19-10-8-17(14(3)4)12-20(19)6;1-12(2)17-10-18(19(6)11-15(17)5)16-8-7-13(3)9-14(16)4/h8-14H,1-7H3;7-14H,1-6H3;7-12H,1-6H3/q3*+1/i3D3,13D,14D;13D,14D;1D3,3D3,5D3,12D. The molecule has 2 unspecified atom stereocenters. The number of hydrogen-bond donors (Lipinski definition) is 0. The van der Waals surface area contributed by atoms with Crippen LogP contribution in [0, 0.1) is 41.4 Å². The van der Waals surface area contributed by atoms with Gasteiger partial charge in [-0.05, 0) is 134 Å². The van der Waals surface area contributed by atoms with Crippen molar-refractivity contribution in [3.05, 3.63) is 159 Å². The summed E-state index contributed by atoms with van der Waals surface area (Å²) < 4.78 is 139. The van der Waals surface area contributed by atoms with Gasteiger partial charge in [0.1, 0.15) is 21.1 Å². The first kappa shape index (κ1) is 28.6. The van der Waals surface area contributed by atoms with E-state index in [0.717, 1.165) is 44.8 Å². The minimum absolute atomic E-state index is 0.107. The van der Waals surface area contributed by atoms with Gasteiger partial charge in [0.2, 0.25) is 17.1 Å². The predicted octanol–water partition coefficient (Wildman–Crippen LogP) is 14.0. The quantitative estimate of drug-likeness (QED) is 0.136. The van der Waals surface area contributed by atoms with Crippen molar-refractivity contribution in [1.82, 2.24) is 0 Å². The zero-order valence-electron chi connectivity index (χ0n) is 55.6. The molecule has 0 fully saturated rings. The van der Waals surface area contributed by atoms with E-state index in [0.29, 0.717) is 22.4 Å². The van der Waals surface area contributed by atoms with Gasteiger partial charge in [0, 0.05) is 74.9 Å². The molecular weight excluding hydrogens is 727 g/mol. The van der Waals surface area contributed by atoms with Crippen LogP contribution in [0.3, 0.4) is 0 Å². The molecule has 60 heavy (non-hydrogen) atoms. The third kappa shape index (κ3) is 11.7. The van der Waals surface area contributed by atoms with Crippen molar-refractivity contribution in [2.75, 3.05) is 0 Å². The van der Waals surface area contributed by atoms with Crippen LogP contribution in [0.25, 0.3) is 33.8 Å². The summed E-state index contributed by atoms with van der Waals surface area (Å²) in [6.07, 6.45) is 5.11. The summed E-state index contributed by atoms with van der Waals surface area (Å²) in [6, 6.07) is 24.3. The molecule has 3 heteroatoms. The minimum Gasteiger partial charge on any atom is -0.201 e. The highest BCUT2D eigenvalue weighted by molar-refractivity contribution is 5.64. The molecule has 2 atom stereocenters. The van der Waals surface area contributed by atoms with Crippen LogP contribution in [-0.2, 0) is 21.1 Å². The third-order valence-corrected chi connectivity index (χ3v) is 10.9. The zero-order chi connectivity index (χ0) is 59.4. The van der Waals surface area contributed by atoms with Crippen LogP contribution < -0.4 is 13.7 Å². The number of hydrogen-bond acceptors (Lipinski definition) is 0. The maximum Gasteiger partial charge on any atom is 0.212 e. The summed E-state index contributed by atoms with van der Waals surface area (Å²) in [5.41, 5.74) is 12.4. The van der Waals surface area contributed by atoms with Crippen LogP contribution in [0.1, 0.15) is 183 Å². The van der Waals surface area contributed by atoms with E-state index in [1.807, 2.05) is 117 Å². The molecule has 3 aromatic carbocycles. The van der Waals surface area contributed by atoms with E-state index in [4.69, 9.17) is 23.3 Å². The number of rotatable bonds is 8. The maximum absolute atomic E-state index is 8.44. The van der Waals surface area contributed by atoms with Gasteiger partial charge in [0.25, 0.3) is 0 Å². The molecule has 0 aliphatic carbocycles. The van der Waals surface area contributed by atoms with Gasteiger partial charge in [-0.25, -0.2) is 13.7 Å². The second kappa shape index (κ2) is 20.6. The summed E-state index contributed by atoms with van der Waals surface area (Å²) in [7, 11) is 5.52. The Kier molecular flexibility index (Phi) is 9.81. The molecule has 0 radical (unpaired) electrons. The van der Waals surface area contributed by atoms with E-state index in [1.54, 1.807) is 30.8 Å². The Hall–Kier alpha value is -4.89. The van der Waals surface area contributed by atoms with Crippen LogP contribution in [-0.4, -0.2) is 0 Å². The molecule has 318 valence electrons. The number of aromatic nitrogens is 3. The fourth-order valence-electron chi connectivity index (χ4n) is 7.30. The normalized spacial score (nSPS) is 18.8. The highest BCUT2D eigenvalue weighted by Gasteiger charge is 2.19. The minimum atomic E-state index is -2.75. The summed E-state index contributed by atoms with van der Waals surface area (Å²) >= 11 is 0. The topological polar surface area (TPSA) is 11.6 Å². The molecule has 0 aliphatic rings. The molecule has 3 aromatic heterocycles. The van der Waals surface area contributed by atoms with Gasteiger partial charge < -0.3 is 0 Å². The number of aryl methyl sites for hydroxylation is 9. The van der Waals surface area contributed by atoms with E-state index in [1.165, 1.54) is 49.4 Å². The highest BCUT2D eigenvalue weighted by Crippen LogP contribution is 2.29. The lowest BCUT2D eigenvalue weighted by Crippen LogP contribution is -2.32. The lowest BCUT2D eigenvalue weighted by atomic mass is 9.94. The Morgan fingerprint density at radius 3 is 1.35 bits per heavy atom. The van der Waals surface area contributed by atoms with Crippen molar-refractivity contribution in [2.24, 2.45) is 21.1 Å². The Morgan fingerprint density at radius 2 is 0.867 bits per heavy atom. The van der Waals surface area contributed by atoms with Gasteiger partial charge in [-0.2, -0.15) is 0 Å². The molecule has 0 saturated carbocycles. The van der Waals surface area contributed by atoms with Crippen molar-refractivity contribution < 1.29 is 37.0 Å². The van der Waals surface area contributed by atoms with Crippen molar-refractivity contribution in [2.45, 2.75) is 140 Å². The second-order valence-corrected chi connectivity index (χ2v) is 16.7. The van der Waals surface area contributed by atoms with Crippen LogP contribution in [0.15, 0.2) is 97.5 Å². The summed E-state index contributed by atoms with van der Waals surface area (Å²) in [6.45, 7) is 11.7. The molecule has 0 spiro atoms. The summed E-state index contributed by atoms with van der Waals surface area (Å²) in [5.74, 6) is -5.64. The molecule has 0 amide bonds. The molecule has 6 aromatic rings. The lowest BCUT2D eigenvalue weighted by Gasteiger charge is -2.13. The van der Waals surface area contributed by atoms with E-state index >= 15 is 0 Å². The molecule has 0 saturated heterocycles. The Labute approximate surface area is 390 Å². The van der Waals surface area contributed by atoms with Gasteiger partial charge in [-0.3, -0.25) is 0 Å². The first-order chi connectivity index (χ1) is 34.5. The Morgan fingerprint density at radius 1 is 0.400 bits per heavy atom. The highest BCUT2D eigenvalue weighted by atomic mass is 14.9. The summed E-state index contributed by atoms with van der Waals surface area (Å²) in [4.78, 5) is 0. The molecule has 0 bridgehead atoms. The first-order valence-corrected chi connectivity index (χ1v) is 20.4. The monoisotopic (exact) mass is 822 g/mol. The molecular formula is C57H78N3+3. The van der Waals surface area contributed by atoms with E-state index in [9.17, 15) is 0 Å². The fraction of sp³-hybridized carbons (Fsp3) is 0.421. The van der Waals surface area contributed by atoms with Crippen LogP contribution in [0.4, 0.5) is 0 Å². The van der Waals surface area contributed by atoms with Gasteiger partial charge in [0.15, 0.2) is 18.6 Å². The molecule has 3 nitrogen and oxygen atoms in total. The van der Waals surface area contributed by atoms with Crippen molar-refractivity contribution in [1.29, 1.82) is 0 Å². The van der Waals surface area contributed by atoms with Crippen LogP contribution in [0.5, 0.6) is 0 Å². The van der Waals surface area contributed by atoms with Gasteiger partial charge in [-0.1, -0.05) is 111 Å². The summed E-state index contributed by atoms with van der Waals surface area (Å²) in [5, 5.41) is 0. The first-order valence-electron chi connectivity index (χ1n) is 28.9. The average molecular weight is 822 g/mol. The maximum atomic E-state index is 8.44. The van der Waals surface area contributed by atoms with Crippen LogP contribution >= 0.6 is 0 Å². The third-order valence-electron chi connectivity index (χ3n) is 10.9. The molecule has 0 aliphatic heterocycles. The number of pyridine rings is 3. The van der Waals surface area contributed by atoms with Gasteiger partial charge >= 0.3 is 0 Å². The average Bonchev–Trinajstić information content (AvgIpc) is 3.25. The lowest BCUT2D eigenvalue weighted by molar-refractivity contribution is -0.661. The fourth-order valence-corrected chi connectivity index (χ4v) is 7.30. The van der Waals surface area contributed by atoms with Crippen LogP contribution in [0.2, 0.25) is 0 Å². The van der Waals surface area contributed by atoms with E-state index in [-0.39, 0.29) is 16.7 Å². The van der Waals surface area contributed by atoms with E-state index < -0.39 is 56.9 Å². The number of nitrogens with zero attached hydrogens (tertiary/aromatic N) is 3. The predicted molar refractivity (Wildman–Crippen MR) is 258 cm³/mol. The zero-order valence-corrected chi connectivity index (χ0v) is 38.6. The molecule has 6 rings (SSSR count). The molecule has 0 N–H and O–H groups in total. The Balaban J connectivity index is 0.000000252. The molecule has 3 heterocycles. The van der Waals surface area contributed by atoms with Crippen molar-refractivity contribution >= 4 is 0 Å². The second-order valence-electron chi connectivity index (χ2n) is 16.7. The number of benzene rings is 3. The van der Waals surface area contributed by atoms with Gasteiger partial charge in [0.05, 0.1) is 0 Å². The SMILES string of the molecule is [2H]C(C)(C)c1ccc(-c2cc(C)c(C([2H])(C)C([2H])([2H])[2H])c[n+]2C)c(C)c1.[2H]C(C)(C)c1ccc(-c2ccc(C([2H])(C)C)c[n+]2C)c(C)c1.[2H]C([2H])([2H])c1ccc(-c2cc(C([2H])(C)C([2H])([2H])[2H])c(C([2H])([2H])[2H])c[n+]2C)c(C)c1. The van der Waals surface area contributed by atoms with Gasteiger partial charge in [-0.15, -0.1) is 0 Å².